The molecule has 1 aliphatic rings. The van der Waals surface area contributed by atoms with Crippen molar-refractivity contribution >= 4 is 40.6 Å². The molecule has 0 unspecified atom stereocenters. The van der Waals surface area contributed by atoms with E-state index in [1.165, 1.54) is 6.08 Å². The van der Waals surface area contributed by atoms with E-state index >= 15 is 0 Å². The van der Waals surface area contributed by atoms with Gasteiger partial charge in [-0.1, -0.05) is 34.8 Å². The molecular weight excluding hydrogens is 232 g/mol. The zero-order chi connectivity index (χ0) is 9.90. The molecule has 0 spiro atoms. The predicted octanol–water partition coefficient (Wildman–Crippen LogP) is 2.54. The lowest BCUT2D eigenvalue weighted by molar-refractivity contribution is -0.113. The molecule has 1 saturated heterocycles. The SMILES string of the molecule is O=C(C=CN1CCCC1)C(Cl)(Cl)Cl. The van der Waals surface area contributed by atoms with Crippen LogP contribution in [0, 0.1) is 0 Å². The van der Waals surface area contributed by atoms with Crippen LogP contribution < -0.4 is 0 Å². The van der Waals surface area contributed by atoms with E-state index in [4.69, 9.17) is 34.8 Å². The molecule has 0 bridgehead atoms. The van der Waals surface area contributed by atoms with Gasteiger partial charge in [-0.25, -0.2) is 0 Å². The first-order valence-corrected chi connectivity index (χ1v) is 5.17. The fourth-order valence-corrected chi connectivity index (χ4v) is 1.35. The number of carbonyl (C=O) groups is 1. The average molecular weight is 243 g/mol. The Bertz CT molecular complexity index is 216. The van der Waals surface area contributed by atoms with Crippen LogP contribution in [-0.2, 0) is 4.79 Å². The number of likely N-dealkylation sites (tertiary alicyclic amines) is 1. The Morgan fingerprint density at radius 2 is 1.77 bits per heavy atom. The number of halogens is 3. The van der Waals surface area contributed by atoms with Crippen molar-refractivity contribution in [1.29, 1.82) is 0 Å². The van der Waals surface area contributed by atoms with Gasteiger partial charge in [-0.3, -0.25) is 4.79 Å². The molecule has 1 rings (SSSR count). The Morgan fingerprint density at radius 3 is 2.23 bits per heavy atom. The van der Waals surface area contributed by atoms with Crippen molar-refractivity contribution in [3.63, 3.8) is 0 Å². The summed E-state index contributed by atoms with van der Waals surface area (Å²) in [5.74, 6) is -0.496. The van der Waals surface area contributed by atoms with E-state index in [-0.39, 0.29) is 0 Å². The van der Waals surface area contributed by atoms with Crippen molar-refractivity contribution < 1.29 is 4.79 Å². The first kappa shape index (κ1) is 11.2. The van der Waals surface area contributed by atoms with Gasteiger partial charge in [0, 0.05) is 25.4 Å². The largest absolute Gasteiger partial charge is 0.377 e. The first-order chi connectivity index (χ1) is 6.00. The molecule has 1 aliphatic heterocycles. The molecule has 0 aromatic rings. The van der Waals surface area contributed by atoms with Gasteiger partial charge in [-0.2, -0.15) is 0 Å². The van der Waals surface area contributed by atoms with Gasteiger partial charge in [0.15, 0.2) is 0 Å². The van der Waals surface area contributed by atoms with Gasteiger partial charge in [0.25, 0.3) is 3.79 Å². The van der Waals surface area contributed by atoms with Crippen molar-refractivity contribution in [2.24, 2.45) is 0 Å². The van der Waals surface area contributed by atoms with E-state index in [0.717, 1.165) is 25.9 Å². The van der Waals surface area contributed by atoms with E-state index in [1.807, 2.05) is 4.90 Å². The van der Waals surface area contributed by atoms with Crippen LogP contribution in [0.15, 0.2) is 12.3 Å². The molecule has 5 heteroatoms. The molecule has 0 aliphatic carbocycles. The maximum atomic E-state index is 11.1. The van der Waals surface area contributed by atoms with Gasteiger partial charge in [0.1, 0.15) is 0 Å². The fourth-order valence-electron chi connectivity index (χ4n) is 1.16. The summed E-state index contributed by atoms with van der Waals surface area (Å²) in [5, 5.41) is 0. The summed E-state index contributed by atoms with van der Waals surface area (Å²) in [5.41, 5.74) is 0. The molecule has 0 aromatic carbocycles. The monoisotopic (exact) mass is 241 g/mol. The number of rotatable bonds is 2. The van der Waals surface area contributed by atoms with E-state index in [0.29, 0.717) is 0 Å². The zero-order valence-corrected chi connectivity index (χ0v) is 9.24. The van der Waals surface area contributed by atoms with Crippen LogP contribution in [0.2, 0.25) is 0 Å². The van der Waals surface area contributed by atoms with Crippen molar-refractivity contribution in [2.75, 3.05) is 13.1 Å². The maximum Gasteiger partial charge on any atom is 0.252 e. The minimum Gasteiger partial charge on any atom is -0.377 e. The lowest BCUT2D eigenvalue weighted by atomic mass is 10.4. The van der Waals surface area contributed by atoms with Gasteiger partial charge in [-0.05, 0) is 12.8 Å². The van der Waals surface area contributed by atoms with Crippen LogP contribution in [0.1, 0.15) is 12.8 Å². The quantitative estimate of drug-likeness (QED) is 0.548. The molecule has 1 fully saturated rings. The summed E-state index contributed by atoms with van der Waals surface area (Å²) in [4.78, 5) is 13.1. The topological polar surface area (TPSA) is 20.3 Å². The summed E-state index contributed by atoms with van der Waals surface area (Å²) in [6, 6.07) is 0. The molecule has 2 nitrogen and oxygen atoms in total. The number of allylic oxidation sites excluding steroid dienone is 1. The third-order valence-electron chi connectivity index (χ3n) is 1.86. The summed E-state index contributed by atoms with van der Waals surface area (Å²) in [6.45, 7) is 1.95. The molecule has 0 aromatic heterocycles. The summed E-state index contributed by atoms with van der Waals surface area (Å²) in [7, 11) is 0. The van der Waals surface area contributed by atoms with E-state index in [1.54, 1.807) is 6.20 Å². The summed E-state index contributed by atoms with van der Waals surface area (Å²) >= 11 is 16.1. The molecule has 1 heterocycles. The lowest BCUT2D eigenvalue weighted by Gasteiger charge is -2.11. The normalized spacial score (nSPS) is 18.5. The fraction of sp³-hybridized carbons (Fsp3) is 0.625. The Balaban J connectivity index is 2.43. The summed E-state index contributed by atoms with van der Waals surface area (Å²) in [6.07, 6.45) is 5.33. The van der Waals surface area contributed by atoms with Crippen LogP contribution in [0.25, 0.3) is 0 Å². The third-order valence-corrected chi connectivity index (χ3v) is 2.42. The maximum absolute atomic E-state index is 11.1. The van der Waals surface area contributed by atoms with Crippen molar-refractivity contribution in [3.8, 4) is 0 Å². The third kappa shape index (κ3) is 3.75. The Morgan fingerprint density at radius 1 is 1.23 bits per heavy atom. The lowest BCUT2D eigenvalue weighted by Crippen LogP contribution is -2.18. The zero-order valence-electron chi connectivity index (χ0n) is 6.97. The minimum atomic E-state index is -1.82. The minimum absolute atomic E-state index is 0.496. The number of nitrogens with zero attached hydrogens (tertiary/aromatic N) is 1. The molecule has 0 atom stereocenters. The highest BCUT2D eigenvalue weighted by atomic mass is 35.6. The molecule has 0 amide bonds. The van der Waals surface area contributed by atoms with Crippen LogP contribution in [0.5, 0.6) is 0 Å². The van der Waals surface area contributed by atoms with Crippen LogP contribution >= 0.6 is 34.8 Å². The smallest absolute Gasteiger partial charge is 0.252 e. The molecule has 13 heavy (non-hydrogen) atoms. The van der Waals surface area contributed by atoms with Gasteiger partial charge < -0.3 is 4.90 Å². The number of carbonyl (C=O) groups excluding carboxylic acids is 1. The molecule has 0 N–H and O–H groups in total. The average Bonchev–Trinajstić information content (AvgIpc) is 2.50. The molecule has 0 radical (unpaired) electrons. The van der Waals surface area contributed by atoms with Gasteiger partial charge in [-0.15, -0.1) is 0 Å². The number of hydrogen-bond acceptors (Lipinski definition) is 2. The van der Waals surface area contributed by atoms with Gasteiger partial charge >= 0.3 is 0 Å². The standard InChI is InChI=1S/C8H10Cl3NO/c9-8(10,11)7(13)3-6-12-4-1-2-5-12/h3,6H,1-2,4-5H2. The van der Waals surface area contributed by atoms with E-state index in [2.05, 4.69) is 0 Å². The molecular formula is C8H10Cl3NO. The number of hydrogen-bond donors (Lipinski definition) is 0. The summed E-state index contributed by atoms with van der Waals surface area (Å²) < 4.78 is -1.82. The molecule has 74 valence electrons. The highest BCUT2D eigenvalue weighted by Gasteiger charge is 2.28. The Hall–Kier alpha value is 0.0800. The van der Waals surface area contributed by atoms with Crippen molar-refractivity contribution in [1.82, 2.24) is 4.90 Å². The Kier molecular flexibility index (Phi) is 3.89. The van der Waals surface area contributed by atoms with E-state index in [9.17, 15) is 4.79 Å². The second kappa shape index (κ2) is 4.54. The van der Waals surface area contributed by atoms with Gasteiger partial charge in [0.05, 0.1) is 0 Å². The second-order valence-electron chi connectivity index (χ2n) is 2.92. The first-order valence-electron chi connectivity index (χ1n) is 4.03. The number of ketones is 1. The van der Waals surface area contributed by atoms with Gasteiger partial charge in [0.2, 0.25) is 5.78 Å². The second-order valence-corrected chi connectivity index (χ2v) is 5.20. The predicted molar refractivity (Wildman–Crippen MR) is 55.2 cm³/mol. The van der Waals surface area contributed by atoms with Crippen molar-refractivity contribution in [3.05, 3.63) is 12.3 Å². The highest BCUT2D eigenvalue weighted by Crippen LogP contribution is 2.27. The van der Waals surface area contributed by atoms with Crippen LogP contribution in [0.3, 0.4) is 0 Å². The van der Waals surface area contributed by atoms with Crippen LogP contribution in [0.4, 0.5) is 0 Å². The number of alkyl halides is 3. The molecule has 0 saturated carbocycles. The van der Waals surface area contributed by atoms with Crippen molar-refractivity contribution in [2.45, 2.75) is 16.6 Å². The van der Waals surface area contributed by atoms with E-state index < -0.39 is 9.58 Å². The van der Waals surface area contributed by atoms with Crippen LogP contribution in [-0.4, -0.2) is 27.6 Å². The highest BCUT2D eigenvalue weighted by molar-refractivity contribution is 6.77. The Labute approximate surface area is 92.4 Å².